The average Bonchev–Trinajstić information content (AvgIpc) is 2.29. The van der Waals surface area contributed by atoms with Crippen LogP contribution in [-0.2, 0) is 6.54 Å². The molecule has 1 rings (SSSR count). The van der Waals surface area contributed by atoms with Gasteiger partial charge in [0.05, 0.1) is 0 Å². The predicted octanol–water partition coefficient (Wildman–Crippen LogP) is 2.89. The fourth-order valence-corrected chi connectivity index (χ4v) is 1.34. The fourth-order valence-electron chi connectivity index (χ4n) is 1.34. The van der Waals surface area contributed by atoms with Crippen LogP contribution in [0.5, 0.6) is 5.75 Å². The van der Waals surface area contributed by atoms with Crippen LogP contribution >= 0.6 is 0 Å². The van der Waals surface area contributed by atoms with Crippen molar-refractivity contribution < 1.29 is 9.13 Å². The molecule has 1 N–H and O–H groups in total. The number of rotatable bonds is 6. The van der Waals surface area contributed by atoms with Gasteiger partial charge in [0.2, 0.25) is 0 Å². The molecule has 0 aromatic heterocycles. The molecule has 0 fully saturated rings. The van der Waals surface area contributed by atoms with E-state index in [1.165, 1.54) is 6.07 Å². The Balaban J connectivity index is 2.76. The second-order valence-corrected chi connectivity index (χ2v) is 3.39. The van der Waals surface area contributed by atoms with Crippen molar-refractivity contribution in [3.63, 3.8) is 0 Å². The van der Waals surface area contributed by atoms with Gasteiger partial charge in [-0.3, -0.25) is 0 Å². The van der Waals surface area contributed by atoms with E-state index in [0.29, 0.717) is 18.9 Å². The molecule has 1 aromatic carbocycles. The maximum atomic E-state index is 13.5. The highest BCUT2D eigenvalue weighted by atomic mass is 19.1. The number of hydrogen-bond acceptors (Lipinski definition) is 2. The minimum atomic E-state index is -0.306. The van der Waals surface area contributed by atoms with Crippen LogP contribution in [0.25, 0.3) is 0 Å². The van der Waals surface area contributed by atoms with Gasteiger partial charge in [-0.2, -0.15) is 0 Å². The zero-order valence-electron chi connectivity index (χ0n) is 9.79. The molecule has 0 radical (unpaired) electrons. The van der Waals surface area contributed by atoms with E-state index in [4.69, 9.17) is 4.74 Å². The van der Waals surface area contributed by atoms with Crippen molar-refractivity contribution in [3.8, 4) is 5.75 Å². The first-order chi connectivity index (χ1) is 7.79. The molecular formula is C13H18FNO. The van der Waals surface area contributed by atoms with E-state index in [0.717, 1.165) is 12.1 Å². The third-order valence-electron chi connectivity index (χ3n) is 2.17. The van der Waals surface area contributed by atoms with E-state index in [1.54, 1.807) is 6.07 Å². The van der Waals surface area contributed by atoms with Gasteiger partial charge in [0.1, 0.15) is 6.61 Å². The van der Waals surface area contributed by atoms with Crippen molar-refractivity contribution >= 4 is 0 Å². The molecule has 0 spiro atoms. The number of para-hydroxylation sites is 1. The van der Waals surface area contributed by atoms with Gasteiger partial charge >= 0.3 is 0 Å². The van der Waals surface area contributed by atoms with E-state index < -0.39 is 0 Å². The Morgan fingerprint density at radius 2 is 2.25 bits per heavy atom. The van der Waals surface area contributed by atoms with E-state index in [-0.39, 0.29) is 5.82 Å². The second-order valence-electron chi connectivity index (χ2n) is 3.39. The highest BCUT2D eigenvalue weighted by Crippen LogP contribution is 2.22. The molecule has 0 saturated carbocycles. The summed E-state index contributed by atoms with van der Waals surface area (Å²) in [6.45, 7) is 5.80. The van der Waals surface area contributed by atoms with Crippen LogP contribution in [0.2, 0.25) is 0 Å². The Labute approximate surface area is 96.1 Å². The third kappa shape index (κ3) is 3.66. The van der Waals surface area contributed by atoms with Crippen LogP contribution in [-0.4, -0.2) is 13.2 Å². The van der Waals surface area contributed by atoms with Crippen LogP contribution in [0, 0.1) is 5.82 Å². The summed E-state index contributed by atoms with van der Waals surface area (Å²) in [5.74, 6) is 0.0430. The van der Waals surface area contributed by atoms with Crippen LogP contribution < -0.4 is 10.1 Å². The Morgan fingerprint density at radius 3 is 2.94 bits per heavy atom. The SMILES string of the molecule is C/C=C/COc1c(F)cccc1CNCC. The zero-order valence-corrected chi connectivity index (χ0v) is 9.79. The monoisotopic (exact) mass is 223 g/mol. The summed E-state index contributed by atoms with van der Waals surface area (Å²) in [5.41, 5.74) is 0.853. The van der Waals surface area contributed by atoms with Crippen LogP contribution in [0.15, 0.2) is 30.4 Å². The summed E-state index contributed by atoms with van der Waals surface area (Å²) in [6, 6.07) is 4.99. The third-order valence-corrected chi connectivity index (χ3v) is 2.17. The number of benzene rings is 1. The van der Waals surface area contributed by atoms with Gasteiger partial charge in [0.15, 0.2) is 11.6 Å². The van der Waals surface area contributed by atoms with E-state index in [9.17, 15) is 4.39 Å². The molecule has 0 aliphatic heterocycles. The Hall–Kier alpha value is -1.35. The first-order valence-electron chi connectivity index (χ1n) is 5.51. The van der Waals surface area contributed by atoms with Crippen molar-refractivity contribution in [2.75, 3.05) is 13.2 Å². The number of allylic oxidation sites excluding steroid dienone is 1. The van der Waals surface area contributed by atoms with Gasteiger partial charge in [-0.05, 0) is 19.5 Å². The molecule has 2 nitrogen and oxygen atoms in total. The van der Waals surface area contributed by atoms with Crippen molar-refractivity contribution in [1.29, 1.82) is 0 Å². The quantitative estimate of drug-likeness (QED) is 0.749. The predicted molar refractivity (Wildman–Crippen MR) is 64.1 cm³/mol. The maximum absolute atomic E-state index is 13.5. The number of ether oxygens (including phenoxy) is 1. The molecule has 0 saturated heterocycles. The number of nitrogens with one attached hydrogen (secondary N) is 1. The zero-order chi connectivity index (χ0) is 11.8. The summed E-state index contributed by atoms with van der Waals surface area (Å²) in [7, 11) is 0. The van der Waals surface area contributed by atoms with Gasteiger partial charge in [0, 0.05) is 12.1 Å². The first-order valence-corrected chi connectivity index (χ1v) is 5.51. The molecule has 0 atom stereocenters. The molecule has 16 heavy (non-hydrogen) atoms. The Morgan fingerprint density at radius 1 is 1.44 bits per heavy atom. The van der Waals surface area contributed by atoms with E-state index in [2.05, 4.69) is 5.32 Å². The van der Waals surface area contributed by atoms with Crippen LogP contribution in [0.3, 0.4) is 0 Å². The van der Waals surface area contributed by atoms with E-state index in [1.807, 2.05) is 32.1 Å². The van der Waals surface area contributed by atoms with Crippen LogP contribution in [0.4, 0.5) is 4.39 Å². The van der Waals surface area contributed by atoms with Gasteiger partial charge in [-0.1, -0.05) is 31.2 Å². The van der Waals surface area contributed by atoms with E-state index >= 15 is 0 Å². The molecule has 0 aliphatic carbocycles. The molecule has 0 bridgehead atoms. The van der Waals surface area contributed by atoms with Gasteiger partial charge in [0.25, 0.3) is 0 Å². The summed E-state index contributed by atoms with van der Waals surface area (Å²) < 4.78 is 18.9. The summed E-state index contributed by atoms with van der Waals surface area (Å²) in [6.07, 6.45) is 3.73. The van der Waals surface area contributed by atoms with Gasteiger partial charge in [-0.15, -0.1) is 0 Å². The lowest BCUT2D eigenvalue weighted by Gasteiger charge is -2.11. The van der Waals surface area contributed by atoms with Crippen molar-refractivity contribution in [2.45, 2.75) is 20.4 Å². The minimum absolute atomic E-state index is 0.306. The molecule has 0 aliphatic rings. The molecule has 0 heterocycles. The smallest absolute Gasteiger partial charge is 0.165 e. The standard InChI is InChI=1S/C13H18FNO/c1-3-5-9-16-13-11(10-15-4-2)7-6-8-12(13)14/h3,5-8,15H,4,9-10H2,1-2H3/b5-3+. The lowest BCUT2D eigenvalue weighted by atomic mass is 10.2. The minimum Gasteiger partial charge on any atom is -0.486 e. The molecule has 1 aromatic rings. The number of halogens is 1. The number of hydrogen-bond donors (Lipinski definition) is 1. The normalized spacial score (nSPS) is 10.9. The Kier molecular flexibility index (Phi) is 5.57. The van der Waals surface area contributed by atoms with Crippen molar-refractivity contribution in [3.05, 3.63) is 41.7 Å². The lowest BCUT2D eigenvalue weighted by molar-refractivity contribution is 0.336. The second kappa shape index (κ2) is 7.01. The summed E-state index contributed by atoms with van der Waals surface area (Å²) in [4.78, 5) is 0. The molecule has 88 valence electrons. The fraction of sp³-hybridized carbons (Fsp3) is 0.385. The largest absolute Gasteiger partial charge is 0.486 e. The lowest BCUT2D eigenvalue weighted by Crippen LogP contribution is -2.13. The van der Waals surface area contributed by atoms with Crippen molar-refractivity contribution in [1.82, 2.24) is 5.32 Å². The summed E-state index contributed by atoms with van der Waals surface area (Å²) >= 11 is 0. The molecule has 0 amide bonds. The highest BCUT2D eigenvalue weighted by molar-refractivity contribution is 5.35. The van der Waals surface area contributed by atoms with Gasteiger partial charge < -0.3 is 10.1 Å². The Bertz CT molecular complexity index is 350. The topological polar surface area (TPSA) is 21.3 Å². The molecular weight excluding hydrogens is 205 g/mol. The molecule has 0 unspecified atom stereocenters. The first kappa shape index (κ1) is 12.7. The summed E-state index contributed by atoms with van der Waals surface area (Å²) in [5, 5.41) is 3.16. The highest BCUT2D eigenvalue weighted by Gasteiger charge is 2.08. The average molecular weight is 223 g/mol. The van der Waals surface area contributed by atoms with Crippen LogP contribution in [0.1, 0.15) is 19.4 Å². The van der Waals surface area contributed by atoms with Crippen molar-refractivity contribution in [2.24, 2.45) is 0 Å². The maximum Gasteiger partial charge on any atom is 0.165 e. The molecule has 3 heteroatoms. The van der Waals surface area contributed by atoms with Gasteiger partial charge in [-0.25, -0.2) is 4.39 Å².